The van der Waals surface area contributed by atoms with E-state index in [1.807, 2.05) is 0 Å². The van der Waals surface area contributed by atoms with Crippen LogP contribution in [0.3, 0.4) is 0 Å². The molecule has 0 radical (unpaired) electrons. The van der Waals surface area contributed by atoms with E-state index in [1.54, 1.807) is 0 Å². The Balaban J connectivity index is 1.71. The van der Waals surface area contributed by atoms with Gasteiger partial charge in [0.2, 0.25) is 0 Å². The van der Waals surface area contributed by atoms with E-state index >= 15 is 0 Å². The number of nitrogens with one attached hydrogen (secondary N) is 1. The van der Waals surface area contributed by atoms with Gasteiger partial charge in [-0.1, -0.05) is 43.5 Å². The molecule has 0 saturated heterocycles. The highest BCUT2D eigenvalue weighted by molar-refractivity contribution is 5.92. The third kappa shape index (κ3) is 2.39. The molecular formula is C18H22N2. The van der Waals surface area contributed by atoms with Crippen LogP contribution in [0.2, 0.25) is 0 Å². The Morgan fingerprint density at radius 1 is 0.950 bits per heavy atom. The molecule has 0 amide bonds. The van der Waals surface area contributed by atoms with Crippen molar-refractivity contribution in [1.82, 2.24) is 4.98 Å². The SMILES string of the molecule is c1ccc2c(NC3CCCCC3)nc(C3CC3)cc2c1. The topological polar surface area (TPSA) is 24.9 Å². The quantitative estimate of drug-likeness (QED) is 0.858. The molecule has 0 unspecified atom stereocenters. The van der Waals surface area contributed by atoms with Gasteiger partial charge in [0.05, 0.1) is 0 Å². The number of pyridine rings is 1. The van der Waals surface area contributed by atoms with E-state index in [0.717, 1.165) is 5.82 Å². The maximum absolute atomic E-state index is 4.95. The molecule has 0 aliphatic heterocycles. The van der Waals surface area contributed by atoms with Gasteiger partial charge < -0.3 is 5.32 Å². The summed E-state index contributed by atoms with van der Waals surface area (Å²) in [4.78, 5) is 4.95. The molecule has 2 nitrogen and oxygen atoms in total. The molecule has 2 saturated carbocycles. The van der Waals surface area contributed by atoms with Gasteiger partial charge in [0, 0.05) is 23.0 Å². The summed E-state index contributed by atoms with van der Waals surface area (Å²) in [6, 6.07) is 11.6. The van der Waals surface area contributed by atoms with Gasteiger partial charge in [0.1, 0.15) is 5.82 Å². The molecule has 2 aromatic rings. The lowest BCUT2D eigenvalue weighted by atomic mass is 9.95. The summed E-state index contributed by atoms with van der Waals surface area (Å²) < 4.78 is 0. The third-order valence-electron chi connectivity index (χ3n) is 4.70. The molecule has 1 aromatic carbocycles. The van der Waals surface area contributed by atoms with Crippen LogP contribution in [0.5, 0.6) is 0 Å². The van der Waals surface area contributed by atoms with Crippen molar-refractivity contribution in [3.05, 3.63) is 36.0 Å². The van der Waals surface area contributed by atoms with Crippen LogP contribution in [0, 0.1) is 0 Å². The zero-order chi connectivity index (χ0) is 13.4. The van der Waals surface area contributed by atoms with Crippen molar-refractivity contribution >= 4 is 16.6 Å². The number of hydrogen-bond donors (Lipinski definition) is 1. The predicted molar refractivity (Wildman–Crippen MR) is 84.2 cm³/mol. The maximum Gasteiger partial charge on any atom is 0.134 e. The van der Waals surface area contributed by atoms with Crippen molar-refractivity contribution in [3.8, 4) is 0 Å². The number of fused-ring (bicyclic) bond motifs is 1. The van der Waals surface area contributed by atoms with E-state index in [2.05, 4.69) is 35.6 Å². The number of benzene rings is 1. The van der Waals surface area contributed by atoms with Crippen LogP contribution in [0.25, 0.3) is 10.8 Å². The first-order chi connectivity index (χ1) is 9.90. The first kappa shape index (κ1) is 12.2. The van der Waals surface area contributed by atoms with Crippen molar-refractivity contribution in [2.24, 2.45) is 0 Å². The Morgan fingerprint density at radius 3 is 2.55 bits per heavy atom. The fourth-order valence-electron chi connectivity index (χ4n) is 3.36. The highest BCUT2D eigenvalue weighted by Gasteiger charge is 2.26. The first-order valence-electron chi connectivity index (χ1n) is 8.06. The Morgan fingerprint density at radius 2 is 1.75 bits per heavy atom. The van der Waals surface area contributed by atoms with Crippen LogP contribution in [0.4, 0.5) is 5.82 Å². The van der Waals surface area contributed by atoms with E-state index < -0.39 is 0 Å². The largest absolute Gasteiger partial charge is 0.367 e. The van der Waals surface area contributed by atoms with E-state index in [0.29, 0.717) is 12.0 Å². The molecule has 0 bridgehead atoms. The second-order valence-electron chi connectivity index (χ2n) is 6.37. The number of anilines is 1. The minimum Gasteiger partial charge on any atom is -0.367 e. The van der Waals surface area contributed by atoms with Gasteiger partial charge in [-0.15, -0.1) is 0 Å². The minimum absolute atomic E-state index is 0.620. The molecular weight excluding hydrogens is 244 g/mol. The average molecular weight is 266 g/mol. The molecule has 1 N–H and O–H groups in total. The second-order valence-corrected chi connectivity index (χ2v) is 6.37. The summed E-state index contributed by atoms with van der Waals surface area (Å²) >= 11 is 0. The molecule has 104 valence electrons. The predicted octanol–water partition coefficient (Wildman–Crippen LogP) is 4.86. The highest BCUT2D eigenvalue weighted by atomic mass is 15.0. The van der Waals surface area contributed by atoms with Crippen molar-refractivity contribution in [3.63, 3.8) is 0 Å². The van der Waals surface area contributed by atoms with Gasteiger partial charge in [0.15, 0.2) is 0 Å². The molecule has 0 spiro atoms. The summed E-state index contributed by atoms with van der Waals surface area (Å²) in [7, 11) is 0. The van der Waals surface area contributed by atoms with Crippen molar-refractivity contribution in [2.75, 3.05) is 5.32 Å². The molecule has 2 heteroatoms. The Hall–Kier alpha value is -1.57. The summed E-state index contributed by atoms with van der Waals surface area (Å²) in [6.07, 6.45) is 9.33. The number of nitrogens with zero attached hydrogens (tertiary/aromatic N) is 1. The zero-order valence-corrected chi connectivity index (χ0v) is 11.9. The highest BCUT2D eigenvalue weighted by Crippen LogP contribution is 2.41. The summed E-state index contributed by atoms with van der Waals surface area (Å²) in [5.74, 6) is 1.84. The van der Waals surface area contributed by atoms with Crippen molar-refractivity contribution in [1.29, 1.82) is 0 Å². The molecule has 1 heterocycles. The molecule has 2 aliphatic rings. The number of hydrogen-bond acceptors (Lipinski definition) is 2. The van der Waals surface area contributed by atoms with Gasteiger partial charge in [-0.2, -0.15) is 0 Å². The van der Waals surface area contributed by atoms with E-state index in [9.17, 15) is 0 Å². The van der Waals surface area contributed by atoms with Crippen molar-refractivity contribution in [2.45, 2.75) is 56.9 Å². The molecule has 1 aromatic heterocycles. The number of aromatic nitrogens is 1. The van der Waals surface area contributed by atoms with Gasteiger partial charge in [-0.3, -0.25) is 0 Å². The molecule has 4 rings (SSSR count). The Kier molecular flexibility index (Phi) is 3.10. The van der Waals surface area contributed by atoms with Crippen LogP contribution >= 0.6 is 0 Å². The van der Waals surface area contributed by atoms with Crippen LogP contribution in [-0.2, 0) is 0 Å². The second kappa shape index (κ2) is 5.08. The van der Waals surface area contributed by atoms with E-state index in [4.69, 9.17) is 4.98 Å². The van der Waals surface area contributed by atoms with Gasteiger partial charge in [-0.25, -0.2) is 4.98 Å². The molecule has 0 atom stereocenters. The number of rotatable bonds is 3. The zero-order valence-electron chi connectivity index (χ0n) is 11.9. The molecule has 2 fully saturated rings. The molecule has 20 heavy (non-hydrogen) atoms. The van der Waals surface area contributed by atoms with Gasteiger partial charge >= 0.3 is 0 Å². The lowest BCUT2D eigenvalue weighted by molar-refractivity contribution is 0.462. The normalized spacial score (nSPS) is 20.2. The monoisotopic (exact) mass is 266 g/mol. The summed E-state index contributed by atoms with van der Waals surface area (Å²) in [6.45, 7) is 0. The fourth-order valence-corrected chi connectivity index (χ4v) is 3.36. The molecule has 2 aliphatic carbocycles. The van der Waals surface area contributed by atoms with Crippen LogP contribution in [0.1, 0.15) is 56.6 Å². The van der Waals surface area contributed by atoms with Gasteiger partial charge in [-0.05, 0) is 37.1 Å². The third-order valence-corrected chi connectivity index (χ3v) is 4.70. The Bertz CT molecular complexity index is 610. The Labute approximate surface area is 120 Å². The average Bonchev–Trinajstić information content (AvgIpc) is 3.33. The van der Waals surface area contributed by atoms with E-state index in [-0.39, 0.29) is 0 Å². The standard InChI is InChI=1S/C18H22N2/c1-2-7-15(8-3-1)19-18-16-9-5-4-6-14(16)12-17(20-18)13-10-11-13/h4-6,9,12-13,15H,1-3,7-8,10-11H2,(H,19,20). The van der Waals surface area contributed by atoms with Crippen molar-refractivity contribution < 1.29 is 0 Å². The first-order valence-corrected chi connectivity index (χ1v) is 8.06. The fraction of sp³-hybridized carbons (Fsp3) is 0.500. The lowest BCUT2D eigenvalue weighted by Crippen LogP contribution is -2.23. The maximum atomic E-state index is 4.95. The van der Waals surface area contributed by atoms with Gasteiger partial charge in [0.25, 0.3) is 0 Å². The smallest absolute Gasteiger partial charge is 0.134 e. The minimum atomic E-state index is 0.620. The lowest BCUT2D eigenvalue weighted by Gasteiger charge is -2.24. The van der Waals surface area contributed by atoms with E-state index in [1.165, 1.54) is 61.4 Å². The van der Waals surface area contributed by atoms with Crippen LogP contribution in [-0.4, -0.2) is 11.0 Å². The summed E-state index contributed by atoms with van der Waals surface area (Å²) in [5, 5.41) is 6.35. The summed E-state index contributed by atoms with van der Waals surface area (Å²) in [5.41, 5.74) is 1.29. The van der Waals surface area contributed by atoms with Crippen LogP contribution < -0.4 is 5.32 Å². The van der Waals surface area contributed by atoms with Crippen LogP contribution in [0.15, 0.2) is 30.3 Å².